The van der Waals surface area contributed by atoms with E-state index in [-0.39, 0.29) is 0 Å². The van der Waals surface area contributed by atoms with Crippen LogP contribution in [0.25, 0.3) is 0 Å². The molecule has 3 heterocycles. The van der Waals surface area contributed by atoms with E-state index in [9.17, 15) is 0 Å². The fourth-order valence-corrected chi connectivity index (χ4v) is 5.21. The number of aromatic nitrogens is 3. The van der Waals surface area contributed by atoms with E-state index in [1.165, 1.54) is 30.8 Å². The molecule has 9 heteroatoms. The summed E-state index contributed by atoms with van der Waals surface area (Å²) in [4.78, 5) is 16.1. The van der Waals surface area contributed by atoms with Crippen LogP contribution in [-0.4, -0.2) is 34.1 Å². The molecule has 2 aromatic rings. The van der Waals surface area contributed by atoms with E-state index in [0.717, 1.165) is 43.1 Å². The predicted octanol–water partition coefficient (Wildman–Crippen LogP) is 2.94. The molecule has 1 atom stereocenters. The van der Waals surface area contributed by atoms with Gasteiger partial charge in [-0.05, 0) is 37.2 Å². The van der Waals surface area contributed by atoms with Crippen molar-refractivity contribution in [3.05, 3.63) is 23.5 Å². The Morgan fingerprint density at radius 3 is 2.59 bits per heavy atom. The van der Waals surface area contributed by atoms with Crippen LogP contribution in [0.15, 0.2) is 28.4 Å². The summed E-state index contributed by atoms with van der Waals surface area (Å²) in [5, 5.41) is 1.12. The van der Waals surface area contributed by atoms with Crippen molar-refractivity contribution in [2.75, 3.05) is 29.5 Å². The van der Waals surface area contributed by atoms with Gasteiger partial charge in [0.2, 0.25) is 0 Å². The molecule has 0 radical (unpaired) electrons. The van der Waals surface area contributed by atoms with Crippen molar-refractivity contribution in [1.82, 2.24) is 15.0 Å². The standard InChI is InChI=1S/C18H24ClN7S/c19-11-9-23-14(21)8-12(11)27-17-16(22)25-15(10-24-17)26-6-4-18(5-7-26)3-1-2-13(18)20/h8-10,13H,1-7,20H2,(H2,21,23)(H2,22,25)/t13-/m1/s1. The molecule has 2 fully saturated rings. The Labute approximate surface area is 168 Å². The van der Waals surface area contributed by atoms with Crippen LogP contribution >= 0.6 is 23.4 Å². The van der Waals surface area contributed by atoms with Crippen LogP contribution in [0.4, 0.5) is 17.5 Å². The van der Waals surface area contributed by atoms with Gasteiger partial charge in [0.15, 0.2) is 5.82 Å². The van der Waals surface area contributed by atoms with Crippen LogP contribution in [0.2, 0.25) is 5.02 Å². The van der Waals surface area contributed by atoms with Gasteiger partial charge in [0, 0.05) is 30.2 Å². The van der Waals surface area contributed by atoms with E-state index in [1.807, 2.05) is 0 Å². The van der Waals surface area contributed by atoms with Crippen molar-refractivity contribution in [2.24, 2.45) is 11.1 Å². The molecule has 1 saturated heterocycles. The molecule has 2 aromatic heterocycles. The number of halogens is 1. The minimum atomic E-state index is 0.323. The van der Waals surface area contributed by atoms with E-state index < -0.39 is 0 Å². The highest BCUT2D eigenvalue weighted by molar-refractivity contribution is 7.99. The summed E-state index contributed by atoms with van der Waals surface area (Å²) in [5.74, 6) is 1.61. The van der Waals surface area contributed by atoms with Crippen LogP contribution in [0.3, 0.4) is 0 Å². The molecule has 0 bridgehead atoms. The molecule has 7 nitrogen and oxygen atoms in total. The summed E-state index contributed by atoms with van der Waals surface area (Å²) in [5.41, 5.74) is 18.6. The maximum absolute atomic E-state index is 6.38. The van der Waals surface area contributed by atoms with Crippen LogP contribution < -0.4 is 22.1 Å². The molecule has 0 unspecified atom stereocenters. The fraction of sp³-hybridized carbons (Fsp3) is 0.500. The van der Waals surface area contributed by atoms with Crippen molar-refractivity contribution >= 4 is 40.8 Å². The second kappa shape index (κ2) is 7.33. The Hall–Kier alpha value is -1.77. The Morgan fingerprint density at radius 2 is 1.93 bits per heavy atom. The number of piperidine rings is 1. The highest BCUT2D eigenvalue weighted by atomic mass is 35.5. The third-order valence-electron chi connectivity index (χ3n) is 5.86. The number of anilines is 3. The zero-order valence-electron chi connectivity index (χ0n) is 15.1. The van der Waals surface area contributed by atoms with Gasteiger partial charge in [-0.15, -0.1) is 0 Å². The molecular weight excluding hydrogens is 382 g/mol. The summed E-state index contributed by atoms with van der Waals surface area (Å²) in [6, 6.07) is 2.05. The summed E-state index contributed by atoms with van der Waals surface area (Å²) in [7, 11) is 0. The van der Waals surface area contributed by atoms with Gasteiger partial charge in [-0.25, -0.2) is 15.0 Å². The number of hydrogen-bond acceptors (Lipinski definition) is 8. The van der Waals surface area contributed by atoms with Crippen LogP contribution in [0.5, 0.6) is 0 Å². The molecule has 1 aliphatic carbocycles. The zero-order chi connectivity index (χ0) is 19.0. The Balaban J connectivity index is 1.47. The highest BCUT2D eigenvalue weighted by Crippen LogP contribution is 2.46. The minimum absolute atomic E-state index is 0.323. The molecule has 2 aliphatic rings. The maximum Gasteiger partial charge on any atom is 0.158 e. The van der Waals surface area contributed by atoms with Gasteiger partial charge in [-0.1, -0.05) is 29.8 Å². The second-order valence-corrected chi connectivity index (χ2v) is 8.85. The molecule has 0 amide bonds. The van der Waals surface area contributed by atoms with Crippen LogP contribution in [0.1, 0.15) is 32.1 Å². The lowest BCUT2D eigenvalue weighted by atomic mass is 9.74. The Kier molecular flexibility index (Phi) is 5.05. The summed E-state index contributed by atoms with van der Waals surface area (Å²) in [6.07, 6.45) is 9.18. The third-order valence-corrected chi connectivity index (χ3v) is 7.34. The molecule has 4 rings (SSSR count). The van der Waals surface area contributed by atoms with Gasteiger partial charge in [-0.2, -0.15) is 0 Å². The van der Waals surface area contributed by atoms with E-state index in [0.29, 0.717) is 33.1 Å². The molecular formula is C18H24ClN7S. The lowest BCUT2D eigenvalue weighted by Gasteiger charge is -2.42. The van der Waals surface area contributed by atoms with Gasteiger partial charge in [-0.3, -0.25) is 0 Å². The average Bonchev–Trinajstić information content (AvgIpc) is 3.00. The van der Waals surface area contributed by atoms with Gasteiger partial charge in [0.05, 0.1) is 11.2 Å². The van der Waals surface area contributed by atoms with Crippen LogP contribution in [-0.2, 0) is 0 Å². The topological polar surface area (TPSA) is 120 Å². The Bertz CT molecular complexity index is 838. The van der Waals surface area contributed by atoms with Crippen LogP contribution in [0, 0.1) is 5.41 Å². The zero-order valence-corrected chi connectivity index (χ0v) is 16.6. The number of nitrogens with zero attached hydrogens (tertiary/aromatic N) is 4. The maximum atomic E-state index is 6.38. The molecule has 1 aliphatic heterocycles. The van der Waals surface area contributed by atoms with E-state index >= 15 is 0 Å². The van der Waals surface area contributed by atoms with Gasteiger partial charge < -0.3 is 22.1 Å². The highest BCUT2D eigenvalue weighted by Gasteiger charge is 2.43. The first-order valence-corrected chi connectivity index (χ1v) is 10.4. The SMILES string of the molecule is Nc1cc(Sc2ncc(N3CCC4(CCC[C@H]4N)CC3)nc2N)c(Cl)cn1. The van der Waals surface area contributed by atoms with Crippen molar-refractivity contribution in [2.45, 2.75) is 48.1 Å². The minimum Gasteiger partial charge on any atom is -0.384 e. The summed E-state index contributed by atoms with van der Waals surface area (Å²) in [6.45, 7) is 1.89. The second-order valence-electron chi connectivity index (χ2n) is 7.41. The van der Waals surface area contributed by atoms with Gasteiger partial charge in [0.1, 0.15) is 16.7 Å². The smallest absolute Gasteiger partial charge is 0.158 e. The van der Waals surface area contributed by atoms with Crippen molar-refractivity contribution < 1.29 is 0 Å². The summed E-state index contributed by atoms with van der Waals surface area (Å²) >= 11 is 7.52. The fourth-order valence-electron chi connectivity index (χ4n) is 4.20. The molecule has 144 valence electrons. The first kappa shape index (κ1) is 18.6. The van der Waals surface area contributed by atoms with Gasteiger partial charge >= 0.3 is 0 Å². The third kappa shape index (κ3) is 3.66. The van der Waals surface area contributed by atoms with Crippen molar-refractivity contribution in [3.8, 4) is 0 Å². The average molecular weight is 406 g/mol. The van der Waals surface area contributed by atoms with Crippen molar-refractivity contribution in [3.63, 3.8) is 0 Å². The molecule has 1 saturated carbocycles. The Morgan fingerprint density at radius 1 is 1.15 bits per heavy atom. The molecule has 27 heavy (non-hydrogen) atoms. The quantitative estimate of drug-likeness (QED) is 0.712. The van der Waals surface area contributed by atoms with Crippen molar-refractivity contribution in [1.29, 1.82) is 0 Å². The molecule has 1 spiro atoms. The van der Waals surface area contributed by atoms with Gasteiger partial charge in [0.25, 0.3) is 0 Å². The first-order chi connectivity index (χ1) is 13.0. The van der Waals surface area contributed by atoms with E-state index in [2.05, 4.69) is 19.9 Å². The predicted molar refractivity (Wildman–Crippen MR) is 110 cm³/mol. The molecule has 6 N–H and O–H groups in total. The van der Waals surface area contributed by atoms with E-state index in [1.54, 1.807) is 12.3 Å². The lowest BCUT2D eigenvalue weighted by Crippen LogP contribution is -2.47. The number of nitrogens with two attached hydrogens (primary N) is 3. The first-order valence-electron chi connectivity index (χ1n) is 9.19. The normalized spacial score (nSPS) is 21.7. The largest absolute Gasteiger partial charge is 0.384 e. The number of pyridine rings is 1. The summed E-state index contributed by atoms with van der Waals surface area (Å²) < 4.78 is 0. The molecule has 0 aromatic carbocycles. The monoisotopic (exact) mass is 405 g/mol. The number of nitrogen functional groups attached to an aromatic ring is 2. The number of rotatable bonds is 3. The lowest BCUT2D eigenvalue weighted by molar-refractivity contribution is 0.197. The number of hydrogen-bond donors (Lipinski definition) is 3. The van der Waals surface area contributed by atoms with E-state index in [4.69, 9.17) is 28.8 Å².